The summed E-state index contributed by atoms with van der Waals surface area (Å²) in [6.07, 6.45) is 4.05. The average Bonchev–Trinajstić information content (AvgIpc) is 2.79. The number of benzene rings is 1. The van der Waals surface area contributed by atoms with Crippen LogP contribution in [0.4, 0.5) is 0 Å². The smallest absolute Gasteiger partial charge is 0.191 e. The van der Waals surface area contributed by atoms with Gasteiger partial charge in [-0.2, -0.15) is 0 Å². The first-order valence-corrected chi connectivity index (χ1v) is 10.6. The molecule has 1 aromatic carbocycles. The molecule has 30 heavy (non-hydrogen) atoms. The Morgan fingerprint density at radius 1 is 1.17 bits per heavy atom. The number of guanidine groups is 1. The minimum atomic E-state index is 0.0113. The SMILES string of the molecule is CN=C(NCC(C)Oc1ccc(OC)cc1)NC1CCN(Cc2ccccn2)CC1. The second-order valence-corrected chi connectivity index (χ2v) is 7.57. The van der Waals surface area contributed by atoms with E-state index in [9.17, 15) is 0 Å². The highest BCUT2D eigenvalue weighted by Crippen LogP contribution is 2.18. The second-order valence-electron chi connectivity index (χ2n) is 7.57. The molecule has 0 aliphatic carbocycles. The number of methoxy groups -OCH3 is 1. The number of nitrogens with one attached hydrogen (secondary N) is 2. The third kappa shape index (κ3) is 6.91. The van der Waals surface area contributed by atoms with E-state index in [1.54, 1.807) is 14.2 Å². The summed E-state index contributed by atoms with van der Waals surface area (Å²) in [4.78, 5) is 11.3. The third-order valence-electron chi connectivity index (χ3n) is 5.22. The van der Waals surface area contributed by atoms with Crippen molar-refractivity contribution in [2.45, 2.75) is 38.5 Å². The Morgan fingerprint density at radius 2 is 1.90 bits per heavy atom. The van der Waals surface area contributed by atoms with Crippen LogP contribution in [0.15, 0.2) is 53.7 Å². The van der Waals surface area contributed by atoms with Crippen LogP contribution in [0.3, 0.4) is 0 Å². The number of hydrogen-bond acceptors (Lipinski definition) is 5. The van der Waals surface area contributed by atoms with Gasteiger partial charge in [0.25, 0.3) is 0 Å². The number of aromatic nitrogens is 1. The molecule has 0 saturated carbocycles. The quantitative estimate of drug-likeness (QED) is 0.514. The van der Waals surface area contributed by atoms with Crippen molar-refractivity contribution >= 4 is 5.96 Å². The van der Waals surface area contributed by atoms with Crippen LogP contribution in [0.1, 0.15) is 25.5 Å². The van der Waals surface area contributed by atoms with Gasteiger partial charge in [0.15, 0.2) is 5.96 Å². The molecule has 0 amide bonds. The van der Waals surface area contributed by atoms with Gasteiger partial charge in [-0.1, -0.05) is 6.07 Å². The van der Waals surface area contributed by atoms with Gasteiger partial charge in [0.05, 0.1) is 19.3 Å². The van der Waals surface area contributed by atoms with Crippen LogP contribution in [-0.4, -0.2) is 61.8 Å². The van der Waals surface area contributed by atoms with Crippen LogP contribution in [0.5, 0.6) is 11.5 Å². The lowest BCUT2D eigenvalue weighted by atomic mass is 10.0. The average molecular weight is 412 g/mol. The van der Waals surface area contributed by atoms with E-state index in [2.05, 4.69) is 31.6 Å². The van der Waals surface area contributed by atoms with E-state index in [0.29, 0.717) is 12.6 Å². The van der Waals surface area contributed by atoms with Crippen LogP contribution in [0.2, 0.25) is 0 Å². The number of likely N-dealkylation sites (tertiary alicyclic amines) is 1. The van der Waals surface area contributed by atoms with E-state index in [1.807, 2.05) is 49.5 Å². The zero-order valence-electron chi connectivity index (χ0n) is 18.2. The number of pyridine rings is 1. The molecule has 1 aliphatic heterocycles. The first kappa shape index (κ1) is 21.9. The van der Waals surface area contributed by atoms with Gasteiger partial charge in [-0.3, -0.25) is 14.9 Å². The van der Waals surface area contributed by atoms with Crippen LogP contribution in [0, 0.1) is 0 Å². The van der Waals surface area contributed by atoms with Crippen molar-refractivity contribution in [3.8, 4) is 11.5 Å². The molecule has 7 heteroatoms. The Hall–Kier alpha value is -2.80. The lowest BCUT2D eigenvalue weighted by Crippen LogP contribution is -2.49. The van der Waals surface area contributed by atoms with E-state index in [0.717, 1.165) is 55.6 Å². The molecular formula is C23H33N5O2. The zero-order chi connectivity index (χ0) is 21.2. The van der Waals surface area contributed by atoms with E-state index in [4.69, 9.17) is 9.47 Å². The van der Waals surface area contributed by atoms with E-state index in [1.165, 1.54) is 0 Å². The largest absolute Gasteiger partial charge is 0.497 e. The molecule has 0 bridgehead atoms. The topological polar surface area (TPSA) is 71.0 Å². The predicted octanol–water partition coefficient (Wildman–Crippen LogP) is 2.69. The second kappa shape index (κ2) is 11.4. The van der Waals surface area contributed by atoms with Crippen LogP contribution in [-0.2, 0) is 6.54 Å². The minimum absolute atomic E-state index is 0.0113. The minimum Gasteiger partial charge on any atom is -0.497 e. The molecule has 3 rings (SSSR count). The highest BCUT2D eigenvalue weighted by Gasteiger charge is 2.20. The third-order valence-corrected chi connectivity index (χ3v) is 5.22. The zero-order valence-corrected chi connectivity index (χ0v) is 18.2. The van der Waals surface area contributed by atoms with E-state index < -0.39 is 0 Å². The maximum atomic E-state index is 5.96. The molecule has 1 atom stereocenters. The fourth-order valence-electron chi connectivity index (χ4n) is 3.51. The lowest BCUT2D eigenvalue weighted by Gasteiger charge is -2.33. The molecule has 1 unspecified atom stereocenters. The number of aliphatic imine (C=N–C) groups is 1. The Morgan fingerprint density at radius 3 is 2.53 bits per heavy atom. The van der Waals surface area contributed by atoms with Gasteiger partial charge < -0.3 is 20.1 Å². The van der Waals surface area contributed by atoms with Crippen LogP contribution >= 0.6 is 0 Å². The molecular weight excluding hydrogens is 378 g/mol. The molecule has 1 fully saturated rings. The van der Waals surface area contributed by atoms with Crippen molar-refractivity contribution in [2.24, 2.45) is 4.99 Å². The Balaban J connectivity index is 1.37. The van der Waals surface area contributed by atoms with Gasteiger partial charge in [-0.05, 0) is 56.2 Å². The fraction of sp³-hybridized carbons (Fsp3) is 0.478. The van der Waals surface area contributed by atoms with Crippen molar-refractivity contribution in [2.75, 3.05) is 33.8 Å². The molecule has 2 heterocycles. The fourth-order valence-corrected chi connectivity index (χ4v) is 3.51. The van der Waals surface area contributed by atoms with Crippen molar-refractivity contribution in [3.05, 3.63) is 54.4 Å². The summed E-state index contributed by atoms with van der Waals surface area (Å²) in [6, 6.07) is 14.2. The Kier molecular flexibility index (Phi) is 8.32. The summed E-state index contributed by atoms with van der Waals surface area (Å²) < 4.78 is 11.1. The monoisotopic (exact) mass is 411 g/mol. The first-order chi connectivity index (χ1) is 14.7. The summed E-state index contributed by atoms with van der Waals surface area (Å²) in [6.45, 7) is 5.75. The summed E-state index contributed by atoms with van der Waals surface area (Å²) in [7, 11) is 3.46. The molecule has 0 radical (unpaired) electrons. The van der Waals surface area contributed by atoms with Crippen LogP contribution in [0.25, 0.3) is 0 Å². The van der Waals surface area contributed by atoms with Gasteiger partial charge in [0.2, 0.25) is 0 Å². The van der Waals surface area contributed by atoms with Crippen molar-refractivity contribution in [3.63, 3.8) is 0 Å². The molecule has 1 aliphatic rings. The number of hydrogen-bond donors (Lipinski definition) is 2. The molecule has 7 nitrogen and oxygen atoms in total. The van der Waals surface area contributed by atoms with E-state index >= 15 is 0 Å². The highest BCUT2D eigenvalue weighted by molar-refractivity contribution is 5.80. The van der Waals surface area contributed by atoms with E-state index in [-0.39, 0.29) is 6.10 Å². The maximum Gasteiger partial charge on any atom is 0.191 e. The van der Waals surface area contributed by atoms with Crippen molar-refractivity contribution < 1.29 is 9.47 Å². The standard InChI is InChI=1S/C23H33N5O2/c1-18(30-22-9-7-21(29-3)8-10-22)16-26-23(24-2)27-19-11-14-28(15-12-19)17-20-6-4-5-13-25-20/h4-10,13,18-19H,11-12,14-17H2,1-3H3,(H2,24,26,27). The molecule has 0 spiro atoms. The molecule has 1 aromatic heterocycles. The summed E-state index contributed by atoms with van der Waals surface area (Å²) in [5.74, 6) is 2.47. The molecule has 2 N–H and O–H groups in total. The van der Waals surface area contributed by atoms with Gasteiger partial charge in [-0.15, -0.1) is 0 Å². The normalized spacial score (nSPS) is 16.7. The molecule has 162 valence electrons. The molecule has 2 aromatic rings. The predicted molar refractivity (Wildman–Crippen MR) is 120 cm³/mol. The summed E-state index contributed by atoms with van der Waals surface area (Å²) in [5.41, 5.74) is 1.13. The van der Waals surface area contributed by atoms with Gasteiger partial charge in [0, 0.05) is 38.9 Å². The maximum absolute atomic E-state index is 5.96. The Labute approximate surface area is 179 Å². The summed E-state index contributed by atoms with van der Waals surface area (Å²) in [5, 5.41) is 6.92. The van der Waals surface area contributed by atoms with Gasteiger partial charge in [0.1, 0.15) is 17.6 Å². The van der Waals surface area contributed by atoms with Crippen LogP contribution < -0.4 is 20.1 Å². The number of piperidine rings is 1. The summed E-state index contributed by atoms with van der Waals surface area (Å²) >= 11 is 0. The van der Waals surface area contributed by atoms with Crippen molar-refractivity contribution in [1.29, 1.82) is 0 Å². The number of nitrogens with zero attached hydrogens (tertiary/aromatic N) is 3. The number of rotatable bonds is 8. The first-order valence-electron chi connectivity index (χ1n) is 10.6. The number of ether oxygens (including phenoxy) is 2. The highest BCUT2D eigenvalue weighted by atomic mass is 16.5. The molecule has 1 saturated heterocycles. The lowest BCUT2D eigenvalue weighted by molar-refractivity contribution is 0.195. The van der Waals surface area contributed by atoms with Gasteiger partial charge in [-0.25, -0.2) is 0 Å². The Bertz CT molecular complexity index is 774. The van der Waals surface area contributed by atoms with Crippen molar-refractivity contribution in [1.82, 2.24) is 20.5 Å². The van der Waals surface area contributed by atoms with Gasteiger partial charge >= 0.3 is 0 Å².